The zero-order chi connectivity index (χ0) is 22.7. The standard InChI is InChI=1S/C25H22N4O3.ClH/c26-24(27)20-12-8-18(9-13-20)17-6-10-19(11-7-17)22-16-28(15-14-23(30)31)25(32)29(22)21-4-2-1-3-5-21;/h1-13,16H,14-15H2,(H3,26,27)(H,30,31);1H. The largest absolute Gasteiger partial charge is 0.481 e. The molecule has 0 saturated heterocycles. The molecule has 4 aromatic rings. The van der Waals surface area contributed by atoms with E-state index >= 15 is 0 Å². The molecule has 0 radical (unpaired) electrons. The molecule has 0 spiro atoms. The number of para-hydroxylation sites is 1. The van der Waals surface area contributed by atoms with E-state index in [-0.39, 0.29) is 36.9 Å². The summed E-state index contributed by atoms with van der Waals surface area (Å²) < 4.78 is 3.03. The number of amidine groups is 1. The molecule has 8 heteroatoms. The van der Waals surface area contributed by atoms with Crippen LogP contribution in [0.1, 0.15) is 12.0 Å². The number of aryl methyl sites for hydroxylation is 1. The maximum atomic E-state index is 13.1. The molecular weight excluding hydrogens is 440 g/mol. The number of rotatable bonds is 7. The minimum absolute atomic E-state index is 0. The summed E-state index contributed by atoms with van der Waals surface area (Å²) in [5.41, 5.74) is 10.1. The lowest BCUT2D eigenvalue weighted by Crippen LogP contribution is -2.24. The van der Waals surface area contributed by atoms with E-state index in [2.05, 4.69) is 0 Å². The van der Waals surface area contributed by atoms with Gasteiger partial charge in [-0.05, 0) is 23.3 Å². The van der Waals surface area contributed by atoms with Crippen LogP contribution in [0.2, 0.25) is 0 Å². The number of carbonyl (C=O) groups is 1. The highest BCUT2D eigenvalue weighted by atomic mass is 35.5. The van der Waals surface area contributed by atoms with E-state index in [9.17, 15) is 9.59 Å². The van der Waals surface area contributed by atoms with E-state index in [1.54, 1.807) is 22.9 Å². The zero-order valence-electron chi connectivity index (χ0n) is 17.6. The van der Waals surface area contributed by atoms with Gasteiger partial charge < -0.3 is 10.8 Å². The van der Waals surface area contributed by atoms with Crippen LogP contribution in [0.15, 0.2) is 89.9 Å². The topological polar surface area (TPSA) is 114 Å². The monoisotopic (exact) mass is 462 g/mol. The Labute approximate surface area is 196 Å². The second kappa shape index (κ2) is 10.0. The number of hydrogen-bond acceptors (Lipinski definition) is 3. The van der Waals surface area contributed by atoms with Crippen molar-refractivity contribution in [1.82, 2.24) is 9.13 Å². The molecule has 168 valence electrons. The quantitative estimate of drug-likeness (QED) is 0.282. The summed E-state index contributed by atoms with van der Waals surface area (Å²) >= 11 is 0. The van der Waals surface area contributed by atoms with Crippen molar-refractivity contribution in [3.05, 3.63) is 101 Å². The molecule has 0 unspecified atom stereocenters. The van der Waals surface area contributed by atoms with Crippen LogP contribution in [0.3, 0.4) is 0 Å². The predicted molar refractivity (Wildman–Crippen MR) is 131 cm³/mol. The highest BCUT2D eigenvalue weighted by Crippen LogP contribution is 2.26. The number of halogens is 1. The first-order valence-corrected chi connectivity index (χ1v) is 10.1. The Morgan fingerprint density at radius 3 is 1.97 bits per heavy atom. The first kappa shape index (κ1) is 23.6. The van der Waals surface area contributed by atoms with Crippen molar-refractivity contribution in [1.29, 1.82) is 5.41 Å². The number of nitrogens with two attached hydrogens (primary N) is 1. The number of carboxylic acids is 1. The molecule has 4 N–H and O–H groups in total. The van der Waals surface area contributed by atoms with Crippen LogP contribution in [0.25, 0.3) is 28.1 Å². The Balaban J connectivity index is 0.00000306. The lowest BCUT2D eigenvalue weighted by molar-refractivity contribution is -0.137. The van der Waals surface area contributed by atoms with Crippen molar-refractivity contribution in [3.8, 4) is 28.1 Å². The molecular formula is C25H23ClN4O3. The molecule has 0 aliphatic rings. The Morgan fingerprint density at radius 1 is 0.879 bits per heavy atom. The Kier molecular flexibility index (Phi) is 7.15. The van der Waals surface area contributed by atoms with Gasteiger partial charge in [-0.3, -0.25) is 19.3 Å². The van der Waals surface area contributed by atoms with E-state index in [0.717, 1.165) is 16.7 Å². The van der Waals surface area contributed by atoms with E-state index in [0.29, 0.717) is 16.9 Å². The van der Waals surface area contributed by atoms with Crippen LogP contribution in [0.5, 0.6) is 0 Å². The van der Waals surface area contributed by atoms with Crippen molar-refractivity contribution >= 4 is 24.2 Å². The van der Waals surface area contributed by atoms with Crippen LogP contribution in [0, 0.1) is 5.41 Å². The number of nitrogens with zero attached hydrogens (tertiary/aromatic N) is 2. The summed E-state index contributed by atoms with van der Waals surface area (Å²) in [5.74, 6) is -0.927. The normalized spacial score (nSPS) is 10.4. The van der Waals surface area contributed by atoms with Crippen molar-refractivity contribution < 1.29 is 9.90 Å². The van der Waals surface area contributed by atoms with E-state index < -0.39 is 5.97 Å². The number of aliphatic carboxylic acids is 1. The molecule has 0 bridgehead atoms. The maximum Gasteiger partial charge on any atom is 0.333 e. The number of nitrogens with one attached hydrogen (secondary N) is 1. The van der Waals surface area contributed by atoms with Crippen LogP contribution < -0.4 is 11.4 Å². The molecule has 0 aliphatic heterocycles. The average molecular weight is 463 g/mol. The van der Waals surface area contributed by atoms with Crippen LogP contribution >= 0.6 is 12.4 Å². The third-order valence-corrected chi connectivity index (χ3v) is 5.25. The number of benzene rings is 3. The fourth-order valence-electron chi connectivity index (χ4n) is 3.57. The molecule has 1 aromatic heterocycles. The summed E-state index contributed by atoms with van der Waals surface area (Å²) in [7, 11) is 0. The number of imidazole rings is 1. The third-order valence-electron chi connectivity index (χ3n) is 5.25. The van der Waals surface area contributed by atoms with Crippen molar-refractivity contribution in [2.45, 2.75) is 13.0 Å². The SMILES string of the molecule is Cl.N=C(N)c1ccc(-c2ccc(-c3cn(CCC(=O)O)c(=O)n3-c3ccccc3)cc2)cc1. The second-order valence-corrected chi connectivity index (χ2v) is 7.37. The fourth-order valence-corrected chi connectivity index (χ4v) is 3.57. The first-order chi connectivity index (χ1) is 15.4. The number of aromatic nitrogens is 2. The molecule has 33 heavy (non-hydrogen) atoms. The zero-order valence-corrected chi connectivity index (χ0v) is 18.5. The van der Waals surface area contributed by atoms with Gasteiger partial charge in [0.2, 0.25) is 0 Å². The minimum Gasteiger partial charge on any atom is -0.481 e. The van der Waals surface area contributed by atoms with Gasteiger partial charge in [-0.2, -0.15) is 0 Å². The molecule has 7 nitrogen and oxygen atoms in total. The highest BCUT2D eigenvalue weighted by Gasteiger charge is 2.15. The molecule has 0 saturated carbocycles. The van der Waals surface area contributed by atoms with Gasteiger partial charge in [0.15, 0.2) is 0 Å². The van der Waals surface area contributed by atoms with E-state index in [4.69, 9.17) is 16.2 Å². The van der Waals surface area contributed by atoms with Gasteiger partial charge in [-0.25, -0.2) is 4.79 Å². The third kappa shape index (κ3) is 5.05. The summed E-state index contributed by atoms with van der Waals surface area (Å²) in [6, 6.07) is 24.5. The van der Waals surface area contributed by atoms with Gasteiger partial charge in [0.05, 0.1) is 17.8 Å². The van der Waals surface area contributed by atoms with E-state index in [1.807, 2.05) is 66.7 Å². The smallest absolute Gasteiger partial charge is 0.333 e. The minimum atomic E-state index is -0.953. The lowest BCUT2D eigenvalue weighted by Gasteiger charge is -2.09. The van der Waals surface area contributed by atoms with E-state index in [1.165, 1.54) is 4.57 Å². The predicted octanol–water partition coefficient (Wildman–Crippen LogP) is 4.15. The molecule has 0 amide bonds. The Hall–Kier alpha value is -4.10. The van der Waals surface area contributed by atoms with Gasteiger partial charge in [-0.1, -0.05) is 66.7 Å². The van der Waals surface area contributed by atoms with Crippen molar-refractivity contribution in [3.63, 3.8) is 0 Å². The van der Waals surface area contributed by atoms with Gasteiger partial charge in [-0.15, -0.1) is 12.4 Å². The molecule has 4 rings (SSSR count). The van der Waals surface area contributed by atoms with Gasteiger partial charge in [0.1, 0.15) is 5.84 Å². The van der Waals surface area contributed by atoms with Crippen LogP contribution in [-0.4, -0.2) is 26.0 Å². The highest BCUT2D eigenvalue weighted by molar-refractivity contribution is 5.95. The lowest BCUT2D eigenvalue weighted by atomic mass is 10.0. The molecule has 3 aromatic carbocycles. The second-order valence-electron chi connectivity index (χ2n) is 7.37. The molecule has 0 atom stereocenters. The van der Waals surface area contributed by atoms with Crippen molar-refractivity contribution in [2.24, 2.45) is 5.73 Å². The fraction of sp³-hybridized carbons (Fsp3) is 0.0800. The van der Waals surface area contributed by atoms with Crippen LogP contribution in [-0.2, 0) is 11.3 Å². The first-order valence-electron chi connectivity index (χ1n) is 10.1. The van der Waals surface area contributed by atoms with Gasteiger partial charge in [0, 0.05) is 23.9 Å². The summed E-state index contributed by atoms with van der Waals surface area (Å²) in [6.07, 6.45) is 1.57. The summed E-state index contributed by atoms with van der Waals surface area (Å²) in [4.78, 5) is 24.1. The maximum absolute atomic E-state index is 13.1. The van der Waals surface area contributed by atoms with Crippen molar-refractivity contribution in [2.75, 3.05) is 0 Å². The molecule has 0 fully saturated rings. The van der Waals surface area contributed by atoms with Crippen LogP contribution in [0.4, 0.5) is 0 Å². The number of hydrogen-bond donors (Lipinski definition) is 3. The van der Waals surface area contributed by atoms with Gasteiger partial charge in [0.25, 0.3) is 0 Å². The number of nitrogen functional groups attached to an aromatic ring is 1. The number of carboxylic acid groups (broad SMARTS) is 1. The molecule has 1 heterocycles. The van der Waals surface area contributed by atoms with Gasteiger partial charge >= 0.3 is 11.7 Å². The summed E-state index contributed by atoms with van der Waals surface area (Å²) in [5, 5.41) is 16.5. The Bertz CT molecular complexity index is 1330. The molecule has 0 aliphatic carbocycles. The average Bonchev–Trinajstić information content (AvgIpc) is 3.14. The summed E-state index contributed by atoms with van der Waals surface area (Å²) in [6.45, 7) is 0.0988. The Morgan fingerprint density at radius 2 is 1.42 bits per heavy atom.